The number of hydrogen-bond donors (Lipinski definition) is 1. The second-order valence-corrected chi connectivity index (χ2v) is 7.79. The van der Waals surface area contributed by atoms with Crippen LogP contribution in [0, 0.1) is 12.7 Å². The van der Waals surface area contributed by atoms with Crippen LogP contribution in [0.15, 0.2) is 66.4 Å². The molecule has 1 N–H and O–H groups in total. The number of imide groups is 1. The van der Waals surface area contributed by atoms with Crippen molar-refractivity contribution in [2.45, 2.75) is 6.92 Å². The van der Waals surface area contributed by atoms with Crippen molar-refractivity contribution in [2.24, 2.45) is 0 Å². The molecule has 0 fully saturated rings. The van der Waals surface area contributed by atoms with Gasteiger partial charge < -0.3 is 14.8 Å². The highest BCUT2D eigenvalue weighted by Crippen LogP contribution is 2.36. The van der Waals surface area contributed by atoms with Crippen molar-refractivity contribution < 1.29 is 23.5 Å². The zero-order valence-corrected chi connectivity index (χ0v) is 18.9. The molecule has 2 amide bonds. The van der Waals surface area contributed by atoms with Gasteiger partial charge >= 0.3 is 0 Å². The number of benzene rings is 3. The van der Waals surface area contributed by atoms with Crippen LogP contribution < -0.4 is 19.7 Å². The third kappa shape index (κ3) is 4.27. The molecule has 4 rings (SSSR count). The molecule has 3 aromatic carbocycles. The zero-order chi connectivity index (χ0) is 23.7. The minimum Gasteiger partial charge on any atom is -0.497 e. The molecule has 3 aromatic rings. The van der Waals surface area contributed by atoms with E-state index in [-0.39, 0.29) is 22.0 Å². The van der Waals surface area contributed by atoms with Gasteiger partial charge in [0.15, 0.2) is 0 Å². The van der Waals surface area contributed by atoms with Gasteiger partial charge in [-0.1, -0.05) is 41.4 Å². The van der Waals surface area contributed by atoms with Gasteiger partial charge in [0.2, 0.25) is 0 Å². The first-order chi connectivity index (χ1) is 15.8. The summed E-state index contributed by atoms with van der Waals surface area (Å²) in [6, 6.07) is 16.0. The molecule has 0 aromatic heterocycles. The molecule has 8 heteroatoms. The summed E-state index contributed by atoms with van der Waals surface area (Å²) in [5.74, 6) is -0.779. The maximum Gasteiger partial charge on any atom is 0.282 e. The number of rotatable bonds is 6. The van der Waals surface area contributed by atoms with E-state index in [4.69, 9.17) is 21.1 Å². The van der Waals surface area contributed by atoms with Crippen molar-refractivity contribution in [3.05, 3.63) is 88.3 Å². The number of anilines is 2. The molecular weight excluding hydrogens is 447 g/mol. The molecule has 0 radical (unpaired) electrons. The molecule has 0 atom stereocenters. The smallest absolute Gasteiger partial charge is 0.282 e. The zero-order valence-electron chi connectivity index (χ0n) is 18.1. The number of ether oxygens (including phenoxy) is 2. The van der Waals surface area contributed by atoms with Gasteiger partial charge in [0.25, 0.3) is 11.8 Å². The van der Waals surface area contributed by atoms with E-state index in [0.29, 0.717) is 22.7 Å². The van der Waals surface area contributed by atoms with Crippen LogP contribution in [-0.4, -0.2) is 26.0 Å². The van der Waals surface area contributed by atoms with Crippen LogP contribution in [0.25, 0.3) is 5.57 Å². The number of methoxy groups -OCH3 is 2. The molecule has 1 aliphatic heterocycles. The van der Waals surface area contributed by atoms with Gasteiger partial charge in [0.1, 0.15) is 23.0 Å². The molecule has 6 nitrogen and oxygen atoms in total. The number of halogens is 2. The SMILES string of the molecule is COc1cc(NC2=C(c3ccc(C)cc3)C(=O)N(c3ccc(F)c(Cl)c3)C2=O)cc(OC)c1. The van der Waals surface area contributed by atoms with Crippen molar-refractivity contribution in [2.75, 3.05) is 24.4 Å². The Morgan fingerprint density at radius 2 is 1.52 bits per heavy atom. The Balaban J connectivity index is 1.83. The van der Waals surface area contributed by atoms with Crippen LogP contribution >= 0.6 is 11.6 Å². The van der Waals surface area contributed by atoms with Gasteiger partial charge in [-0.2, -0.15) is 0 Å². The molecule has 1 aliphatic rings. The number of aryl methyl sites for hydroxylation is 1. The van der Waals surface area contributed by atoms with Crippen molar-refractivity contribution in [1.82, 2.24) is 0 Å². The summed E-state index contributed by atoms with van der Waals surface area (Å²) in [7, 11) is 3.03. The molecule has 33 heavy (non-hydrogen) atoms. The van der Waals surface area contributed by atoms with Crippen molar-refractivity contribution in [1.29, 1.82) is 0 Å². The van der Waals surface area contributed by atoms with Crippen LogP contribution in [-0.2, 0) is 9.59 Å². The molecule has 0 spiro atoms. The van der Waals surface area contributed by atoms with Crippen LogP contribution in [0.4, 0.5) is 15.8 Å². The van der Waals surface area contributed by atoms with E-state index >= 15 is 0 Å². The fraction of sp³-hybridized carbons (Fsp3) is 0.120. The lowest BCUT2D eigenvalue weighted by molar-refractivity contribution is -0.120. The second-order valence-electron chi connectivity index (χ2n) is 7.39. The van der Waals surface area contributed by atoms with Crippen LogP contribution in [0.5, 0.6) is 11.5 Å². The maximum atomic E-state index is 13.7. The summed E-state index contributed by atoms with van der Waals surface area (Å²) < 4.78 is 24.3. The number of carbonyl (C=O) groups excluding carboxylic acids is 2. The molecular formula is C25H20ClFN2O4. The third-order valence-electron chi connectivity index (χ3n) is 5.21. The average molecular weight is 467 g/mol. The number of carbonyl (C=O) groups is 2. The van der Waals surface area contributed by atoms with E-state index in [0.717, 1.165) is 16.5 Å². The van der Waals surface area contributed by atoms with Gasteiger partial charge in [-0.25, -0.2) is 9.29 Å². The highest BCUT2D eigenvalue weighted by molar-refractivity contribution is 6.46. The van der Waals surface area contributed by atoms with Crippen LogP contribution in [0.2, 0.25) is 5.02 Å². The molecule has 0 unspecified atom stereocenters. The van der Waals surface area contributed by atoms with Crippen molar-refractivity contribution in [3.8, 4) is 11.5 Å². The topological polar surface area (TPSA) is 67.9 Å². The highest BCUT2D eigenvalue weighted by atomic mass is 35.5. The fourth-order valence-electron chi connectivity index (χ4n) is 3.52. The van der Waals surface area contributed by atoms with Crippen molar-refractivity contribution >= 4 is 40.4 Å². The second kappa shape index (κ2) is 8.96. The highest BCUT2D eigenvalue weighted by Gasteiger charge is 2.40. The summed E-state index contributed by atoms with van der Waals surface area (Å²) in [4.78, 5) is 27.9. The minimum absolute atomic E-state index is 0.0691. The summed E-state index contributed by atoms with van der Waals surface area (Å²) in [6.45, 7) is 1.92. The van der Waals surface area contributed by atoms with Gasteiger partial charge in [0, 0.05) is 23.9 Å². The van der Waals surface area contributed by atoms with E-state index in [1.807, 2.05) is 19.1 Å². The Labute approximate surface area is 195 Å². The Morgan fingerprint density at radius 1 is 0.879 bits per heavy atom. The standard InChI is InChI=1S/C25H20ClFN2O4/c1-14-4-6-15(7-5-14)22-23(28-16-10-18(32-2)13-19(11-16)33-3)25(31)29(24(22)30)17-8-9-21(27)20(26)12-17/h4-13,28H,1-3H3. The lowest BCUT2D eigenvalue weighted by Gasteiger charge is -2.16. The summed E-state index contributed by atoms with van der Waals surface area (Å²) in [6.07, 6.45) is 0. The fourth-order valence-corrected chi connectivity index (χ4v) is 3.69. The lowest BCUT2D eigenvalue weighted by atomic mass is 10.0. The number of amides is 2. The summed E-state index contributed by atoms with van der Waals surface area (Å²) in [5, 5.41) is 2.87. The minimum atomic E-state index is -0.645. The first-order valence-electron chi connectivity index (χ1n) is 9.97. The summed E-state index contributed by atoms with van der Waals surface area (Å²) >= 11 is 5.91. The van der Waals surface area contributed by atoms with E-state index in [2.05, 4.69) is 5.32 Å². The molecule has 0 saturated heterocycles. The molecule has 1 heterocycles. The normalized spacial score (nSPS) is 13.5. The quantitative estimate of drug-likeness (QED) is 0.506. The van der Waals surface area contributed by atoms with Gasteiger partial charge in [-0.15, -0.1) is 0 Å². The molecule has 0 bridgehead atoms. The van der Waals surface area contributed by atoms with E-state index < -0.39 is 17.6 Å². The lowest BCUT2D eigenvalue weighted by Crippen LogP contribution is -2.32. The van der Waals surface area contributed by atoms with E-state index in [1.54, 1.807) is 30.3 Å². The molecule has 0 saturated carbocycles. The Hall–Kier alpha value is -3.84. The first kappa shape index (κ1) is 22.4. The van der Waals surface area contributed by atoms with Crippen LogP contribution in [0.3, 0.4) is 0 Å². The number of nitrogens with zero attached hydrogens (tertiary/aromatic N) is 1. The van der Waals surface area contributed by atoms with Crippen molar-refractivity contribution in [3.63, 3.8) is 0 Å². The molecule has 168 valence electrons. The molecule has 0 aliphatic carbocycles. The largest absolute Gasteiger partial charge is 0.497 e. The third-order valence-corrected chi connectivity index (χ3v) is 5.50. The summed E-state index contributed by atoms with van der Waals surface area (Å²) in [5.41, 5.74) is 2.48. The van der Waals surface area contributed by atoms with Gasteiger partial charge in [0.05, 0.1) is 30.5 Å². The Bertz CT molecular complexity index is 1270. The Kier molecular flexibility index (Phi) is 6.07. The average Bonchev–Trinajstić information content (AvgIpc) is 3.05. The first-order valence-corrected chi connectivity index (χ1v) is 10.4. The number of hydrogen-bond acceptors (Lipinski definition) is 5. The Morgan fingerprint density at radius 3 is 2.09 bits per heavy atom. The predicted molar refractivity (Wildman–Crippen MR) is 125 cm³/mol. The van der Waals surface area contributed by atoms with E-state index in [1.165, 1.54) is 26.4 Å². The van der Waals surface area contributed by atoms with Gasteiger partial charge in [-0.3, -0.25) is 9.59 Å². The maximum absolute atomic E-state index is 13.7. The monoisotopic (exact) mass is 466 g/mol. The van der Waals surface area contributed by atoms with Gasteiger partial charge in [-0.05, 0) is 30.7 Å². The predicted octanol–water partition coefficient (Wildman–Crippen LogP) is 5.20. The van der Waals surface area contributed by atoms with E-state index in [9.17, 15) is 14.0 Å². The number of nitrogens with one attached hydrogen (secondary N) is 1. The van der Waals surface area contributed by atoms with Crippen LogP contribution in [0.1, 0.15) is 11.1 Å².